The summed E-state index contributed by atoms with van der Waals surface area (Å²) in [6, 6.07) is 10.5. The van der Waals surface area contributed by atoms with Gasteiger partial charge in [-0.15, -0.1) is 0 Å². The van der Waals surface area contributed by atoms with Gasteiger partial charge in [-0.3, -0.25) is 4.98 Å². The van der Waals surface area contributed by atoms with E-state index in [-0.39, 0.29) is 0 Å². The fourth-order valence-corrected chi connectivity index (χ4v) is 2.00. The average molecular weight is 196 g/mol. The van der Waals surface area contributed by atoms with Crippen LogP contribution >= 0.6 is 0 Å². The van der Waals surface area contributed by atoms with E-state index in [1.165, 1.54) is 22.0 Å². The summed E-state index contributed by atoms with van der Waals surface area (Å²) in [5, 5.41) is 2.43. The molecule has 0 aliphatic carbocycles. The van der Waals surface area contributed by atoms with Gasteiger partial charge in [0.2, 0.25) is 0 Å². The van der Waals surface area contributed by atoms with Crippen LogP contribution in [-0.2, 0) is 6.42 Å². The van der Waals surface area contributed by atoms with E-state index in [1.54, 1.807) is 0 Å². The van der Waals surface area contributed by atoms with Crippen molar-refractivity contribution in [3.8, 4) is 0 Å². The molecule has 0 bridgehead atoms. The molecule has 1 aromatic carbocycles. The molecule has 0 radical (unpaired) electrons. The van der Waals surface area contributed by atoms with E-state index in [2.05, 4.69) is 41.2 Å². The quantitative estimate of drug-likeness (QED) is 0.635. The summed E-state index contributed by atoms with van der Waals surface area (Å²) < 4.78 is 0. The minimum absolute atomic E-state index is 1.03. The molecule has 3 rings (SSSR count). The van der Waals surface area contributed by atoms with E-state index >= 15 is 0 Å². The van der Waals surface area contributed by atoms with Gasteiger partial charge in [-0.25, -0.2) is 0 Å². The van der Waals surface area contributed by atoms with Crippen LogP contribution in [0.4, 0.5) is 0 Å². The minimum Gasteiger partial charge on any atom is -0.358 e. The number of H-pyrrole nitrogens is 1. The topological polar surface area (TPSA) is 28.7 Å². The first-order valence-electron chi connectivity index (χ1n) is 5.24. The third-order valence-electron chi connectivity index (χ3n) is 2.81. The van der Waals surface area contributed by atoms with Crippen molar-refractivity contribution in [2.45, 2.75) is 13.3 Å². The van der Waals surface area contributed by atoms with Crippen LogP contribution < -0.4 is 0 Å². The van der Waals surface area contributed by atoms with Gasteiger partial charge in [-0.05, 0) is 24.6 Å². The van der Waals surface area contributed by atoms with Crippen molar-refractivity contribution < 1.29 is 0 Å². The molecule has 0 aliphatic rings. The fraction of sp³-hybridized carbons (Fsp3) is 0.154. The van der Waals surface area contributed by atoms with E-state index < -0.39 is 0 Å². The molecule has 0 fully saturated rings. The van der Waals surface area contributed by atoms with E-state index in [0.29, 0.717) is 0 Å². The molecule has 2 heterocycles. The van der Waals surface area contributed by atoms with Crippen molar-refractivity contribution in [3.05, 3.63) is 42.2 Å². The normalized spacial score (nSPS) is 11.3. The Morgan fingerprint density at radius 1 is 1.27 bits per heavy atom. The van der Waals surface area contributed by atoms with Gasteiger partial charge < -0.3 is 4.98 Å². The zero-order chi connectivity index (χ0) is 10.3. The standard InChI is InChI=1S/C13H12N2/c1-2-10-8-11-12(15-10)6-5-9-4-3-7-14-13(9)11/h3-8,15H,2H2,1H3. The second-order valence-corrected chi connectivity index (χ2v) is 3.75. The lowest BCUT2D eigenvalue weighted by atomic mass is 10.1. The van der Waals surface area contributed by atoms with Gasteiger partial charge >= 0.3 is 0 Å². The van der Waals surface area contributed by atoms with Crippen molar-refractivity contribution in [3.63, 3.8) is 0 Å². The van der Waals surface area contributed by atoms with Gasteiger partial charge in [0.15, 0.2) is 0 Å². The number of nitrogens with one attached hydrogen (secondary N) is 1. The Labute approximate surface area is 88.0 Å². The number of aromatic nitrogens is 2. The monoisotopic (exact) mass is 196 g/mol. The van der Waals surface area contributed by atoms with Crippen LogP contribution in [0.15, 0.2) is 36.5 Å². The highest BCUT2D eigenvalue weighted by molar-refractivity contribution is 6.04. The largest absolute Gasteiger partial charge is 0.358 e. The Bertz CT molecular complexity index is 623. The van der Waals surface area contributed by atoms with Crippen LogP contribution in [-0.4, -0.2) is 9.97 Å². The predicted molar refractivity (Wildman–Crippen MR) is 63.0 cm³/mol. The van der Waals surface area contributed by atoms with Crippen molar-refractivity contribution in [1.82, 2.24) is 9.97 Å². The summed E-state index contributed by atoms with van der Waals surface area (Å²) in [6.07, 6.45) is 2.88. The Hall–Kier alpha value is -1.83. The van der Waals surface area contributed by atoms with E-state index in [0.717, 1.165) is 11.9 Å². The number of hydrogen-bond acceptors (Lipinski definition) is 1. The molecule has 2 nitrogen and oxygen atoms in total. The molecule has 0 atom stereocenters. The highest BCUT2D eigenvalue weighted by atomic mass is 14.7. The smallest absolute Gasteiger partial charge is 0.0795 e. The summed E-state index contributed by atoms with van der Waals surface area (Å²) in [4.78, 5) is 7.83. The maximum absolute atomic E-state index is 4.44. The lowest BCUT2D eigenvalue weighted by Gasteiger charge is -1.96. The molecule has 0 unspecified atom stereocenters. The number of hydrogen-bond donors (Lipinski definition) is 1. The molecule has 0 saturated carbocycles. The summed E-state index contributed by atoms with van der Waals surface area (Å²) in [5.41, 5.74) is 3.53. The molecule has 15 heavy (non-hydrogen) atoms. The third-order valence-corrected chi connectivity index (χ3v) is 2.81. The van der Waals surface area contributed by atoms with Crippen LogP contribution in [0.5, 0.6) is 0 Å². The molecular formula is C13H12N2. The van der Waals surface area contributed by atoms with Crippen molar-refractivity contribution in [2.24, 2.45) is 0 Å². The van der Waals surface area contributed by atoms with Crippen molar-refractivity contribution in [1.29, 1.82) is 0 Å². The number of fused-ring (bicyclic) bond motifs is 3. The number of benzene rings is 1. The van der Waals surface area contributed by atoms with Crippen LogP contribution in [0.1, 0.15) is 12.6 Å². The van der Waals surface area contributed by atoms with Crippen LogP contribution in [0.25, 0.3) is 21.8 Å². The Morgan fingerprint density at radius 2 is 2.20 bits per heavy atom. The van der Waals surface area contributed by atoms with E-state index in [1.807, 2.05) is 12.3 Å². The van der Waals surface area contributed by atoms with Crippen LogP contribution in [0.3, 0.4) is 0 Å². The fourth-order valence-electron chi connectivity index (χ4n) is 2.00. The Balaban J connectivity index is 2.47. The molecule has 0 aliphatic heterocycles. The first kappa shape index (κ1) is 8.48. The second-order valence-electron chi connectivity index (χ2n) is 3.75. The number of aromatic amines is 1. The first-order valence-corrected chi connectivity index (χ1v) is 5.24. The molecular weight excluding hydrogens is 184 g/mol. The van der Waals surface area contributed by atoms with Gasteiger partial charge in [0.05, 0.1) is 5.52 Å². The maximum Gasteiger partial charge on any atom is 0.0795 e. The van der Waals surface area contributed by atoms with Gasteiger partial charge in [-0.1, -0.05) is 19.1 Å². The number of pyridine rings is 1. The maximum atomic E-state index is 4.44. The summed E-state index contributed by atoms with van der Waals surface area (Å²) >= 11 is 0. The highest BCUT2D eigenvalue weighted by Gasteiger charge is 2.03. The zero-order valence-corrected chi connectivity index (χ0v) is 8.62. The molecule has 3 aromatic rings. The third kappa shape index (κ3) is 1.22. The molecule has 2 aromatic heterocycles. The Morgan fingerprint density at radius 3 is 3.07 bits per heavy atom. The molecule has 1 N–H and O–H groups in total. The van der Waals surface area contributed by atoms with E-state index in [4.69, 9.17) is 0 Å². The van der Waals surface area contributed by atoms with Gasteiger partial charge in [0, 0.05) is 28.2 Å². The minimum atomic E-state index is 1.03. The highest BCUT2D eigenvalue weighted by Crippen LogP contribution is 2.24. The number of nitrogens with zero attached hydrogens (tertiary/aromatic N) is 1. The summed E-state index contributed by atoms with van der Waals surface area (Å²) in [5.74, 6) is 0. The lowest BCUT2D eigenvalue weighted by Crippen LogP contribution is -1.77. The van der Waals surface area contributed by atoms with Crippen LogP contribution in [0, 0.1) is 0 Å². The molecule has 74 valence electrons. The summed E-state index contributed by atoms with van der Waals surface area (Å²) in [7, 11) is 0. The molecule has 0 amide bonds. The molecule has 0 saturated heterocycles. The van der Waals surface area contributed by atoms with Crippen molar-refractivity contribution >= 4 is 21.8 Å². The summed E-state index contributed by atoms with van der Waals surface area (Å²) in [6.45, 7) is 2.15. The zero-order valence-electron chi connectivity index (χ0n) is 8.62. The molecule has 0 spiro atoms. The SMILES string of the molecule is CCc1cc2c(ccc3cccnc32)[nH]1. The molecule has 2 heteroatoms. The van der Waals surface area contributed by atoms with Crippen LogP contribution in [0.2, 0.25) is 0 Å². The van der Waals surface area contributed by atoms with E-state index in [9.17, 15) is 0 Å². The van der Waals surface area contributed by atoms with Gasteiger partial charge in [0.1, 0.15) is 0 Å². The van der Waals surface area contributed by atoms with Gasteiger partial charge in [-0.2, -0.15) is 0 Å². The second kappa shape index (κ2) is 3.09. The first-order chi connectivity index (χ1) is 7.38. The Kier molecular flexibility index (Phi) is 1.75. The van der Waals surface area contributed by atoms with Gasteiger partial charge in [0.25, 0.3) is 0 Å². The predicted octanol–water partition coefficient (Wildman–Crippen LogP) is 3.28. The number of aryl methyl sites for hydroxylation is 1. The lowest BCUT2D eigenvalue weighted by molar-refractivity contribution is 1.07. The van der Waals surface area contributed by atoms with Crippen molar-refractivity contribution in [2.75, 3.05) is 0 Å². The average Bonchev–Trinajstić information content (AvgIpc) is 2.72. The number of rotatable bonds is 1.